The van der Waals surface area contributed by atoms with Crippen molar-refractivity contribution in [3.05, 3.63) is 42.1 Å². The molecule has 4 nitrogen and oxygen atoms in total. The third kappa shape index (κ3) is 2.85. The minimum Gasteiger partial charge on any atom is -0.396 e. The first kappa shape index (κ1) is 13.0. The van der Waals surface area contributed by atoms with Gasteiger partial charge in [0.2, 0.25) is 0 Å². The van der Waals surface area contributed by atoms with Crippen LogP contribution in [0.2, 0.25) is 0 Å². The first-order valence-corrected chi connectivity index (χ1v) is 6.24. The van der Waals surface area contributed by atoms with Crippen LogP contribution in [0.1, 0.15) is 18.0 Å². The Bertz CT molecular complexity index is 496. The zero-order valence-corrected chi connectivity index (χ0v) is 10.3. The summed E-state index contributed by atoms with van der Waals surface area (Å²) in [4.78, 5) is 4.43. The van der Waals surface area contributed by atoms with E-state index in [-0.39, 0.29) is 12.6 Å². The Morgan fingerprint density at radius 2 is 2.11 bits per heavy atom. The molecule has 0 radical (unpaired) electrons. The van der Waals surface area contributed by atoms with E-state index >= 15 is 0 Å². The molecule has 0 aliphatic carbocycles. The Morgan fingerprint density at radius 1 is 1.28 bits per heavy atom. The molecule has 0 fully saturated rings. The summed E-state index contributed by atoms with van der Waals surface area (Å²) < 4.78 is 0. The molecule has 0 saturated heterocycles. The third-order valence-electron chi connectivity index (χ3n) is 3.00. The van der Waals surface area contributed by atoms with E-state index in [4.69, 9.17) is 10.8 Å². The van der Waals surface area contributed by atoms with Gasteiger partial charge < -0.3 is 16.2 Å². The SMILES string of the molecule is NCC(NCCCO)c1cccc2cccnc12. The number of para-hydroxylation sites is 1. The second-order valence-electron chi connectivity index (χ2n) is 4.24. The Labute approximate surface area is 107 Å². The molecule has 0 saturated carbocycles. The van der Waals surface area contributed by atoms with Crippen molar-refractivity contribution in [2.45, 2.75) is 12.5 Å². The fourth-order valence-corrected chi connectivity index (χ4v) is 2.08. The average molecular weight is 245 g/mol. The van der Waals surface area contributed by atoms with Gasteiger partial charge in [0.1, 0.15) is 0 Å². The van der Waals surface area contributed by atoms with Gasteiger partial charge in [0.25, 0.3) is 0 Å². The van der Waals surface area contributed by atoms with Crippen molar-refractivity contribution >= 4 is 10.9 Å². The number of nitrogens with one attached hydrogen (secondary N) is 1. The van der Waals surface area contributed by atoms with E-state index in [1.54, 1.807) is 6.20 Å². The number of hydrogen-bond acceptors (Lipinski definition) is 4. The van der Waals surface area contributed by atoms with Crippen molar-refractivity contribution in [1.82, 2.24) is 10.3 Å². The number of rotatable bonds is 6. The van der Waals surface area contributed by atoms with E-state index in [9.17, 15) is 0 Å². The minimum absolute atomic E-state index is 0.0788. The number of fused-ring (bicyclic) bond motifs is 1. The molecule has 0 bridgehead atoms. The Balaban J connectivity index is 2.27. The van der Waals surface area contributed by atoms with Gasteiger partial charge in [-0.1, -0.05) is 24.3 Å². The quantitative estimate of drug-likeness (QED) is 0.669. The van der Waals surface area contributed by atoms with Gasteiger partial charge in [-0.25, -0.2) is 0 Å². The maximum atomic E-state index is 8.81. The van der Waals surface area contributed by atoms with Crippen LogP contribution in [-0.2, 0) is 0 Å². The molecule has 96 valence electrons. The molecule has 1 unspecified atom stereocenters. The van der Waals surface area contributed by atoms with Crippen molar-refractivity contribution in [2.24, 2.45) is 5.73 Å². The lowest BCUT2D eigenvalue weighted by Gasteiger charge is -2.18. The monoisotopic (exact) mass is 245 g/mol. The molecule has 4 heteroatoms. The molecule has 0 aliphatic rings. The standard InChI is InChI=1S/C14H19N3O/c15-10-13(16-8-3-9-18)12-6-1-4-11-5-2-7-17-14(11)12/h1-2,4-7,13,16,18H,3,8-10,15H2. The largest absolute Gasteiger partial charge is 0.396 e. The second kappa shape index (κ2) is 6.44. The van der Waals surface area contributed by atoms with Gasteiger partial charge in [0.15, 0.2) is 0 Å². The molecule has 1 atom stereocenters. The topological polar surface area (TPSA) is 71.2 Å². The summed E-state index contributed by atoms with van der Waals surface area (Å²) in [7, 11) is 0. The molecule has 18 heavy (non-hydrogen) atoms. The molecular weight excluding hydrogens is 226 g/mol. The molecule has 1 heterocycles. The summed E-state index contributed by atoms with van der Waals surface area (Å²) in [6.07, 6.45) is 2.53. The molecule has 0 aliphatic heterocycles. The molecule has 4 N–H and O–H groups in total. The average Bonchev–Trinajstić information content (AvgIpc) is 2.43. The highest BCUT2D eigenvalue weighted by Crippen LogP contribution is 2.21. The molecule has 2 aromatic rings. The van der Waals surface area contributed by atoms with Crippen LogP contribution in [-0.4, -0.2) is 29.8 Å². The fraction of sp³-hybridized carbons (Fsp3) is 0.357. The number of aliphatic hydroxyl groups excluding tert-OH is 1. The molecule has 1 aromatic carbocycles. The second-order valence-corrected chi connectivity index (χ2v) is 4.24. The van der Waals surface area contributed by atoms with Crippen LogP contribution in [0.15, 0.2) is 36.5 Å². The van der Waals surface area contributed by atoms with E-state index in [0.29, 0.717) is 6.54 Å². The maximum absolute atomic E-state index is 8.81. The highest BCUT2D eigenvalue weighted by atomic mass is 16.3. The molecule has 1 aromatic heterocycles. The first-order valence-electron chi connectivity index (χ1n) is 6.24. The summed E-state index contributed by atoms with van der Waals surface area (Å²) in [6.45, 7) is 1.46. The maximum Gasteiger partial charge on any atom is 0.0750 e. The van der Waals surface area contributed by atoms with Gasteiger partial charge in [-0.2, -0.15) is 0 Å². The molecule has 2 rings (SSSR count). The van der Waals surface area contributed by atoms with Gasteiger partial charge in [0.05, 0.1) is 5.52 Å². The number of hydrogen-bond donors (Lipinski definition) is 3. The Morgan fingerprint density at radius 3 is 2.89 bits per heavy atom. The van der Waals surface area contributed by atoms with Crippen LogP contribution in [0.5, 0.6) is 0 Å². The fourth-order valence-electron chi connectivity index (χ4n) is 2.08. The predicted molar refractivity (Wildman–Crippen MR) is 73.2 cm³/mol. The van der Waals surface area contributed by atoms with E-state index < -0.39 is 0 Å². The van der Waals surface area contributed by atoms with Crippen LogP contribution in [0.25, 0.3) is 10.9 Å². The first-order chi connectivity index (χ1) is 8.86. The number of nitrogens with two attached hydrogens (primary N) is 1. The van der Waals surface area contributed by atoms with E-state index in [1.807, 2.05) is 24.3 Å². The van der Waals surface area contributed by atoms with Crippen LogP contribution >= 0.6 is 0 Å². The van der Waals surface area contributed by atoms with Gasteiger partial charge >= 0.3 is 0 Å². The number of aliphatic hydroxyl groups is 1. The van der Waals surface area contributed by atoms with Gasteiger partial charge in [0, 0.05) is 30.8 Å². The van der Waals surface area contributed by atoms with Crippen LogP contribution in [0.4, 0.5) is 0 Å². The zero-order chi connectivity index (χ0) is 12.8. The Hall–Kier alpha value is -1.49. The molecule has 0 spiro atoms. The minimum atomic E-state index is 0.0788. The normalized spacial score (nSPS) is 12.8. The smallest absolute Gasteiger partial charge is 0.0750 e. The van der Waals surface area contributed by atoms with E-state index in [0.717, 1.165) is 29.4 Å². The number of pyridine rings is 1. The van der Waals surface area contributed by atoms with Crippen molar-refractivity contribution in [1.29, 1.82) is 0 Å². The van der Waals surface area contributed by atoms with Crippen molar-refractivity contribution in [3.63, 3.8) is 0 Å². The molecular formula is C14H19N3O. The highest BCUT2D eigenvalue weighted by molar-refractivity contribution is 5.82. The van der Waals surface area contributed by atoms with Gasteiger partial charge in [-0.05, 0) is 24.6 Å². The van der Waals surface area contributed by atoms with Crippen molar-refractivity contribution in [2.75, 3.05) is 19.7 Å². The predicted octanol–water partition coefficient (Wildman–Crippen LogP) is 1.21. The lowest BCUT2D eigenvalue weighted by molar-refractivity contribution is 0.283. The molecule has 0 amide bonds. The summed E-state index contributed by atoms with van der Waals surface area (Å²) in [6, 6.07) is 10.2. The number of nitrogens with zero attached hydrogens (tertiary/aromatic N) is 1. The number of aromatic nitrogens is 1. The summed E-state index contributed by atoms with van der Waals surface area (Å²) in [5.41, 5.74) is 7.94. The third-order valence-corrected chi connectivity index (χ3v) is 3.00. The summed E-state index contributed by atoms with van der Waals surface area (Å²) in [5.74, 6) is 0. The highest BCUT2D eigenvalue weighted by Gasteiger charge is 2.12. The van der Waals surface area contributed by atoms with Crippen LogP contribution < -0.4 is 11.1 Å². The summed E-state index contributed by atoms with van der Waals surface area (Å²) in [5, 5.41) is 13.3. The summed E-state index contributed by atoms with van der Waals surface area (Å²) >= 11 is 0. The Kier molecular flexibility index (Phi) is 4.64. The van der Waals surface area contributed by atoms with Crippen LogP contribution in [0, 0.1) is 0 Å². The zero-order valence-electron chi connectivity index (χ0n) is 10.3. The van der Waals surface area contributed by atoms with Gasteiger partial charge in [-0.3, -0.25) is 4.98 Å². The van der Waals surface area contributed by atoms with Crippen LogP contribution in [0.3, 0.4) is 0 Å². The number of benzene rings is 1. The van der Waals surface area contributed by atoms with E-state index in [1.165, 1.54) is 0 Å². The van der Waals surface area contributed by atoms with E-state index in [2.05, 4.69) is 16.4 Å². The lowest BCUT2D eigenvalue weighted by atomic mass is 10.0. The van der Waals surface area contributed by atoms with Gasteiger partial charge in [-0.15, -0.1) is 0 Å². The van der Waals surface area contributed by atoms with Crippen molar-refractivity contribution in [3.8, 4) is 0 Å². The lowest BCUT2D eigenvalue weighted by Crippen LogP contribution is -2.29. The van der Waals surface area contributed by atoms with Crippen molar-refractivity contribution < 1.29 is 5.11 Å².